The SMILES string of the molecule is CN1CCCC(NCc2cccc(CN)c2)C1. The van der Waals surface area contributed by atoms with Crippen molar-refractivity contribution in [2.45, 2.75) is 32.0 Å². The van der Waals surface area contributed by atoms with E-state index in [4.69, 9.17) is 5.73 Å². The van der Waals surface area contributed by atoms with E-state index in [2.05, 4.69) is 41.5 Å². The van der Waals surface area contributed by atoms with Crippen LogP contribution in [0, 0.1) is 0 Å². The standard InChI is InChI=1S/C14H23N3/c1-17-7-3-6-14(11-17)16-10-13-5-2-4-12(8-13)9-15/h2,4-5,8,14,16H,3,6-7,9-11,15H2,1H3. The van der Waals surface area contributed by atoms with Crippen molar-refractivity contribution < 1.29 is 0 Å². The Labute approximate surface area is 104 Å². The monoisotopic (exact) mass is 233 g/mol. The van der Waals surface area contributed by atoms with Crippen LogP contribution in [0.4, 0.5) is 0 Å². The van der Waals surface area contributed by atoms with Gasteiger partial charge in [0.25, 0.3) is 0 Å². The van der Waals surface area contributed by atoms with Crippen LogP contribution < -0.4 is 11.1 Å². The Morgan fingerprint density at radius 1 is 1.41 bits per heavy atom. The molecule has 17 heavy (non-hydrogen) atoms. The molecule has 2 rings (SSSR count). The minimum Gasteiger partial charge on any atom is -0.326 e. The highest BCUT2D eigenvalue weighted by molar-refractivity contribution is 5.23. The normalized spacial score (nSPS) is 21.6. The lowest BCUT2D eigenvalue weighted by atomic mass is 10.1. The van der Waals surface area contributed by atoms with Gasteiger partial charge in [-0.15, -0.1) is 0 Å². The molecule has 0 saturated carbocycles. The van der Waals surface area contributed by atoms with Crippen LogP contribution in [0.25, 0.3) is 0 Å². The van der Waals surface area contributed by atoms with Crippen LogP contribution in [0.3, 0.4) is 0 Å². The Bertz CT molecular complexity index is 351. The number of hydrogen-bond donors (Lipinski definition) is 2. The van der Waals surface area contributed by atoms with Gasteiger partial charge in [0.2, 0.25) is 0 Å². The van der Waals surface area contributed by atoms with E-state index in [-0.39, 0.29) is 0 Å². The molecule has 1 aliphatic heterocycles. The van der Waals surface area contributed by atoms with Crippen LogP contribution >= 0.6 is 0 Å². The van der Waals surface area contributed by atoms with Crippen molar-refractivity contribution in [3.63, 3.8) is 0 Å². The van der Waals surface area contributed by atoms with Gasteiger partial charge in [0, 0.05) is 25.7 Å². The summed E-state index contributed by atoms with van der Waals surface area (Å²) in [7, 11) is 2.20. The maximum absolute atomic E-state index is 5.65. The molecule has 0 bridgehead atoms. The molecule has 0 aromatic heterocycles. The summed E-state index contributed by atoms with van der Waals surface area (Å²) in [6.07, 6.45) is 2.60. The molecule has 1 aromatic carbocycles. The first-order chi connectivity index (χ1) is 8.28. The molecule has 1 aromatic rings. The fourth-order valence-electron chi connectivity index (χ4n) is 2.46. The molecule has 0 radical (unpaired) electrons. The van der Waals surface area contributed by atoms with Gasteiger partial charge in [-0.25, -0.2) is 0 Å². The summed E-state index contributed by atoms with van der Waals surface area (Å²) in [6, 6.07) is 9.16. The summed E-state index contributed by atoms with van der Waals surface area (Å²) in [4.78, 5) is 2.40. The first-order valence-electron chi connectivity index (χ1n) is 6.48. The minimum absolute atomic E-state index is 0.625. The molecule has 3 nitrogen and oxygen atoms in total. The van der Waals surface area contributed by atoms with Crippen molar-refractivity contribution in [1.82, 2.24) is 10.2 Å². The molecule has 3 N–H and O–H groups in total. The summed E-state index contributed by atoms with van der Waals surface area (Å²) in [5, 5.41) is 3.64. The van der Waals surface area contributed by atoms with Gasteiger partial charge in [-0.2, -0.15) is 0 Å². The Hall–Kier alpha value is -0.900. The van der Waals surface area contributed by atoms with Gasteiger partial charge >= 0.3 is 0 Å². The molecule has 3 heteroatoms. The highest BCUT2D eigenvalue weighted by Gasteiger charge is 2.15. The average Bonchev–Trinajstić information content (AvgIpc) is 2.37. The number of rotatable bonds is 4. The number of nitrogens with two attached hydrogens (primary N) is 1. The first-order valence-corrected chi connectivity index (χ1v) is 6.48. The van der Waals surface area contributed by atoms with E-state index < -0.39 is 0 Å². The Morgan fingerprint density at radius 2 is 2.24 bits per heavy atom. The lowest BCUT2D eigenvalue weighted by Crippen LogP contribution is -2.43. The fourth-order valence-corrected chi connectivity index (χ4v) is 2.46. The minimum atomic E-state index is 0.625. The second-order valence-electron chi connectivity index (χ2n) is 5.01. The van der Waals surface area contributed by atoms with Crippen LogP contribution in [0.5, 0.6) is 0 Å². The summed E-state index contributed by atoms with van der Waals surface area (Å²) < 4.78 is 0. The van der Waals surface area contributed by atoms with Crippen LogP contribution in [0.1, 0.15) is 24.0 Å². The van der Waals surface area contributed by atoms with Crippen molar-refractivity contribution in [2.24, 2.45) is 5.73 Å². The Morgan fingerprint density at radius 3 is 3.00 bits per heavy atom. The number of likely N-dealkylation sites (N-methyl/N-ethyl adjacent to an activating group) is 1. The number of likely N-dealkylation sites (tertiary alicyclic amines) is 1. The second-order valence-corrected chi connectivity index (χ2v) is 5.01. The molecule has 1 atom stereocenters. The third kappa shape index (κ3) is 3.80. The topological polar surface area (TPSA) is 41.3 Å². The zero-order valence-corrected chi connectivity index (χ0v) is 10.7. The summed E-state index contributed by atoms with van der Waals surface area (Å²) in [6.45, 7) is 3.98. The third-order valence-electron chi connectivity index (χ3n) is 3.45. The van der Waals surface area contributed by atoms with Crippen molar-refractivity contribution in [1.29, 1.82) is 0 Å². The van der Waals surface area contributed by atoms with Crippen LogP contribution in [-0.2, 0) is 13.1 Å². The zero-order valence-electron chi connectivity index (χ0n) is 10.7. The van der Waals surface area contributed by atoms with Crippen LogP contribution in [-0.4, -0.2) is 31.1 Å². The lowest BCUT2D eigenvalue weighted by Gasteiger charge is -2.30. The molecule has 1 saturated heterocycles. The van der Waals surface area contributed by atoms with Gasteiger partial charge in [0.15, 0.2) is 0 Å². The van der Waals surface area contributed by atoms with Gasteiger partial charge in [-0.1, -0.05) is 24.3 Å². The van der Waals surface area contributed by atoms with E-state index in [1.165, 1.54) is 30.5 Å². The van der Waals surface area contributed by atoms with Crippen molar-refractivity contribution in [2.75, 3.05) is 20.1 Å². The predicted molar refractivity (Wildman–Crippen MR) is 71.7 cm³/mol. The van der Waals surface area contributed by atoms with Crippen molar-refractivity contribution in [3.8, 4) is 0 Å². The number of benzene rings is 1. The highest BCUT2D eigenvalue weighted by Crippen LogP contribution is 2.10. The molecular formula is C14H23N3. The van der Waals surface area contributed by atoms with Gasteiger partial charge < -0.3 is 16.0 Å². The smallest absolute Gasteiger partial charge is 0.0208 e. The molecule has 1 unspecified atom stereocenters. The number of nitrogens with zero attached hydrogens (tertiary/aromatic N) is 1. The largest absolute Gasteiger partial charge is 0.326 e. The molecule has 0 amide bonds. The van der Waals surface area contributed by atoms with Gasteiger partial charge in [0.05, 0.1) is 0 Å². The zero-order chi connectivity index (χ0) is 12.1. The number of nitrogens with one attached hydrogen (secondary N) is 1. The molecule has 1 fully saturated rings. The molecule has 94 valence electrons. The van der Waals surface area contributed by atoms with Gasteiger partial charge in [0.1, 0.15) is 0 Å². The van der Waals surface area contributed by atoms with E-state index in [1.54, 1.807) is 0 Å². The third-order valence-corrected chi connectivity index (χ3v) is 3.45. The summed E-state index contributed by atoms with van der Waals surface area (Å²) >= 11 is 0. The molecular weight excluding hydrogens is 210 g/mol. The summed E-state index contributed by atoms with van der Waals surface area (Å²) in [5.41, 5.74) is 8.20. The lowest BCUT2D eigenvalue weighted by molar-refractivity contribution is 0.226. The molecule has 0 spiro atoms. The predicted octanol–water partition coefficient (Wildman–Crippen LogP) is 1.33. The van der Waals surface area contributed by atoms with E-state index >= 15 is 0 Å². The van der Waals surface area contributed by atoms with E-state index in [0.717, 1.165) is 13.1 Å². The van der Waals surface area contributed by atoms with Gasteiger partial charge in [-0.05, 0) is 37.6 Å². The molecule has 0 aliphatic carbocycles. The van der Waals surface area contributed by atoms with E-state index in [9.17, 15) is 0 Å². The maximum atomic E-state index is 5.65. The second kappa shape index (κ2) is 6.15. The number of hydrogen-bond acceptors (Lipinski definition) is 3. The van der Waals surface area contributed by atoms with Gasteiger partial charge in [-0.3, -0.25) is 0 Å². The van der Waals surface area contributed by atoms with E-state index in [1.807, 2.05) is 0 Å². The average molecular weight is 233 g/mol. The fraction of sp³-hybridized carbons (Fsp3) is 0.571. The van der Waals surface area contributed by atoms with Crippen molar-refractivity contribution >= 4 is 0 Å². The Balaban J connectivity index is 1.84. The van der Waals surface area contributed by atoms with Crippen LogP contribution in [0.2, 0.25) is 0 Å². The first kappa shape index (κ1) is 12.6. The quantitative estimate of drug-likeness (QED) is 0.824. The molecule has 1 heterocycles. The molecule has 1 aliphatic rings. The van der Waals surface area contributed by atoms with Crippen LogP contribution in [0.15, 0.2) is 24.3 Å². The van der Waals surface area contributed by atoms with E-state index in [0.29, 0.717) is 12.6 Å². The maximum Gasteiger partial charge on any atom is 0.0208 e. The Kier molecular flexibility index (Phi) is 4.54. The summed E-state index contributed by atoms with van der Waals surface area (Å²) in [5.74, 6) is 0. The highest BCUT2D eigenvalue weighted by atomic mass is 15.1. The van der Waals surface area contributed by atoms with Crippen molar-refractivity contribution in [3.05, 3.63) is 35.4 Å². The number of piperidine rings is 1.